The van der Waals surface area contributed by atoms with Crippen molar-refractivity contribution in [3.05, 3.63) is 142 Å². The summed E-state index contributed by atoms with van der Waals surface area (Å²) >= 11 is 6.82. The molecule has 0 aliphatic heterocycles. The topological polar surface area (TPSA) is 0 Å². The Morgan fingerprint density at radius 1 is 0.450 bits per heavy atom. The second kappa shape index (κ2) is 8.45. The molecule has 0 heterocycles. The quantitative estimate of drug-likeness (QED) is 0.195. The highest BCUT2D eigenvalue weighted by Crippen LogP contribution is 2.64. The first-order chi connectivity index (χ1) is 19.0. The maximum Gasteiger partial charge on any atom is 0.0726 e. The molecule has 198 valence electrons. The van der Waals surface area contributed by atoms with Crippen molar-refractivity contribution in [3.63, 3.8) is 0 Å². The van der Waals surface area contributed by atoms with Gasteiger partial charge in [-0.15, -0.1) is 0 Å². The predicted molar refractivity (Wildman–Crippen MR) is 171 cm³/mol. The second-order valence-corrected chi connectivity index (χ2v) is 14.0. The van der Waals surface area contributed by atoms with Crippen molar-refractivity contribution in [1.82, 2.24) is 0 Å². The molecule has 2 aliphatic carbocycles. The third-order valence-electron chi connectivity index (χ3n) is 9.08. The summed E-state index contributed by atoms with van der Waals surface area (Å²) in [5, 5.41) is 0.781. The Morgan fingerprint density at radius 2 is 0.900 bits per heavy atom. The monoisotopic (exact) mass is 538 g/mol. The molecule has 0 atom stereocenters. The molecule has 5 aromatic carbocycles. The van der Waals surface area contributed by atoms with Gasteiger partial charge in [-0.3, -0.25) is 0 Å². The number of hydrogen-bond donors (Lipinski definition) is 0. The molecule has 0 amide bonds. The van der Waals surface area contributed by atoms with Crippen LogP contribution in [-0.4, -0.2) is 0 Å². The molecule has 0 aromatic heterocycles. The fourth-order valence-electron chi connectivity index (χ4n) is 6.94. The summed E-state index contributed by atoms with van der Waals surface area (Å²) < 4.78 is 0. The third-order valence-corrected chi connectivity index (χ3v) is 9.31. The second-order valence-electron chi connectivity index (χ2n) is 13.6. The van der Waals surface area contributed by atoms with Crippen molar-refractivity contribution in [2.75, 3.05) is 0 Å². The Labute approximate surface area is 243 Å². The van der Waals surface area contributed by atoms with Crippen LogP contribution in [0.3, 0.4) is 0 Å². The van der Waals surface area contributed by atoms with Gasteiger partial charge < -0.3 is 0 Å². The molecule has 0 N–H and O–H groups in total. The molecule has 40 heavy (non-hydrogen) atoms. The number of fused-ring (bicyclic) bond motifs is 10. The summed E-state index contributed by atoms with van der Waals surface area (Å²) in [6, 6.07) is 38.7. The molecule has 0 unspecified atom stereocenters. The van der Waals surface area contributed by atoms with Crippen LogP contribution >= 0.6 is 11.6 Å². The number of rotatable bonds is 1. The summed E-state index contributed by atoms with van der Waals surface area (Å²) in [6.45, 7) is 13.8. The van der Waals surface area contributed by atoms with Crippen molar-refractivity contribution in [2.24, 2.45) is 0 Å². The number of benzene rings is 5. The lowest BCUT2D eigenvalue weighted by Crippen LogP contribution is -2.27. The SMILES string of the molecule is CC(C)(C)c1ccc2c(c1)C1(c3cc(Cl)ccc3-c3ccc(-c4ccccc4)cc31)c1cc(C(C)(C)C)ccc1-2. The van der Waals surface area contributed by atoms with Crippen molar-refractivity contribution < 1.29 is 0 Å². The van der Waals surface area contributed by atoms with Crippen LogP contribution in [0.5, 0.6) is 0 Å². The van der Waals surface area contributed by atoms with Gasteiger partial charge in [0, 0.05) is 5.02 Å². The molecule has 7 rings (SSSR count). The van der Waals surface area contributed by atoms with E-state index < -0.39 is 5.41 Å². The summed E-state index contributed by atoms with van der Waals surface area (Å²) in [4.78, 5) is 0. The van der Waals surface area contributed by atoms with E-state index in [1.807, 2.05) is 6.07 Å². The molecular weight excluding hydrogens is 504 g/mol. The lowest BCUT2D eigenvalue weighted by molar-refractivity contribution is 0.586. The molecule has 0 saturated carbocycles. The minimum Gasteiger partial charge on any atom is -0.0843 e. The van der Waals surface area contributed by atoms with Gasteiger partial charge in [-0.25, -0.2) is 0 Å². The van der Waals surface area contributed by atoms with E-state index in [2.05, 4.69) is 139 Å². The van der Waals surface area contributed by atoms with Crippen LogP contribution in [0.4, 0.5) is 0 Å². The average molecular weight is 539 g/mol. The number of halogens is 1. The van der Waals surface area contributed by atoms with Crippen LogP contribution in [0.25, 0.3) is 33.4 Å². The lowest BCUT2D eigenvalue weighted by atomic mass is 9.68. The molecular formula is C39H35Cl. The summed E-state index contributed by atoms with van der Waals surface area (Å²) in [7, 11) is 0. The van der Waals surface area contributed by atoms with Crippen molar-refractivity contribution in [2.45, 2.75) is 57.8 Å². The zero-order chi connectivity index (χ0) is 28.0. The zero-order valence-electron chi connectivity index (χ0n) is 24.2. The van der Waals surface area contributed by atoms with Gasteiger partial charge in [0.1, 0.15) is 0 Å². The van der Waals surface area contributed by atoms with E-state index in [0.29, 0.717) is 0 Å². The Kier molecular flexibility index (Phi) is 5.36. The van der Waals surface area contributed by atoms with Crippen LogP contribution in [0.1, 0.15) is 74.9 Å². The van der Waals surface area contributed by atoms with Gasteiger partial charge in [0.25, 0.3) is 0 Å². The molecule has 0 bridgehead atoms. The molecule has 0 nitrogen and oxygen atoms in total. The van der Waals surface area contributed by atoms with Crippen LogP contribution in [0, 0.1) is 0 Å². The molecule has 1 heteroatoms. The molecule has 2 aliphatic rings. The van der Waals surface area contributed by atoms with E-state index in [1.54, 1.807) is 0 Å². The summed E-state index contributed by atoms with van der Waals surface area (Å²) in [5.41, 5.74) is 15.4. The van der Waals surface area contributed by atoms with Gasteiger partial charge in [0.15, 0.2) is 0 Å². The van der Waals surface area contributed by atoms with E-state index in [0.717, 1.165) is 5.02 Å². The molecule has 0 fully saturated rings. The molecule has 5 aromatic rings. The average Bonchev–Trinajstić information content (AvgIpc) is 3.38. The number of hydrogen-bond acceptors (Lipinski definition) is 0. The van der Waals surface area contributed by atoms with Gasteiger partial charge in [-0.1, -0.05) is 138 Å². The normalized spacial score (nSPS) is 14.6. The van der Waals surface area contributed by atoms with Crippen molar-refractivity contribution >= 4 is 11.6 Å². The van der Waals surface area contributed by atoms with Crippen LogP contribution < -0.4 is 0 Å². The predicted octanol–water partition coefficient (Wildman–Crippen LogP) is 10.9. The van der Waals surface area contributed by atoms with Crippen LogP contribution in [0.15, 0.2) is 103 Å². The van der Waals surface area contributed by atoms with E-state index in [9.17, 15) is 0 Å². The Balaban J connectivity index is 1.65. The molecule has 0 radical (unpaired) electrons. The lowest BCUT2D eigenvalue weighted by Gasteiger charge is -2.33. The molecule has 0 saturated heterocycles. The van der Waals surface area contributed by atoms with Gasteiger partial charge in [0.05, 0.1) is 5.41 Å². The Hall–Kier alpha value is -3.61. The maximum atomic E-state index is 6.82. The maximum absolute atomic E-state index is 6.82. The van der Waals surface area contributed by atoms with E-state index >= 15 is 0 Å². The Morgan fingerprint density at radius 3 is 1.43 bits per heavy atom. The van der Waals surface area contributed by atoms with Gasteiger partial charge >= 0.3 is 0 Å². The minimum absolute atomic E-state index is 0.0338. The van der Waals surface area contributed by atoms with Crippen molar-refractivity contribution in [3.8, 4) is 33.4 Å². The van der Waals surface area contributed by atoms with E-state index in [1.165, 1.54) is 66.8 Å². The minimum atomic E-state index is -0.437. The highest BCUT2D eigenvalue weighted by atomic mass is 35.5. The standard InChI is InChI=1S/C39H35Cl/c1-37(2,3)26-13-17-30-31-18-14-27(38(4,5)6)22-35(31)39(34(30)21-26)33-20-25(24-10-8-7-9-11-24)12-16-29(33)32-19-15-28(40)23-36(32)39/h7-23H,1-6H3. The first-order valence-corrected chi connectivity index (χ1v) is 14.7. The van der Waals surface area contributed by atoms with E-state index in [4.69, 9.17) is 11.6 Å². The molecule has 1 spiro atoms. The zero-order valence-corrected chi connectivity index (χ0v) is 24.9. The summed E-state index contributed by atoms with van der Waals surface area (Å²) in [6.07, 6.45) is 0. The fourth-order valence-corrected chi connectivity index (χ4v) is 7.12. The van der Waals surface area contributed by atoms with Gasteiger partial charge in [-0.05, 0) is 95.8 Å². The first-order valence-electron chi connectivity index (χ1n) is 14.3. The first kappa shape index (κ1) is 25.4. The van der Waals surface area contributed by atoms with Crippen LogP contribution in [-0.2, 0) is 16.2 Å². The van der Waals surface area contributed by atoms with Crippen molar-refractivity contribution in [1.29, 1.82) is 0 Å². The fraction of sp³-hybridized carbons (Fsp3) is 0.231. The highest BCUT2D eigenvalue weighted by Gasteiger charge is 2.52. The Bertz CT molecular complexity index is 1750. The highest BCUT2D eigenvalue weighted by molar-refractivity contribution is 6.30. The third kappa shape index (κ3) is 3.52. The smallest absolute Gasteiger partial charge is 0.0726 e. The largest absolute Gasteiger partial charge is 0.0843 e. The van der Waals surface area contributed by atoms with Crippen LogP contribution in [0.2, 0.25) is 5.02 Å². The van der Waals surface area contributed by atoms with Gasteiger partial charge in [-0.2, -0.15) is 0 Å². The summed E-state index contributed by atoms with van der Waals surface area (Å²) in [5.74, 6) is 0. The van der Waals surface area contributed by atoms with E-state index in [-0.39, 0.29) is 10.8 Å². The van der Waals surface area contributed by atoms with Gasteiger partial charge in [0.2, 0.25) is 0 Å².